The lowest BCUT2D eigenvalue weighted by atomic mass is 10.0. The van der Waals surface area contributed by atoms with Crippen molar-refractivity contribution in [3.8, 4) is 0 Å². The molecule has 0 fully saturated rings. The lowest BCUT2D eigenvalue weighted by molar-refractivity contribution is 0.313. The molecule has 2 nitrogen and oxygen atoms in total. The van der Waals surface area contributed by atoms with Gasteiger partial charge in [0.25, 0.3) is 0 Å². The van der Waals surface area contributed by atoms with E-state index in [0.29, 0.717) is 0 Å². The molecule has 2 heteroatoms. The topological polar surface area (TPSA) is 23.5 Å². The van der Waals surface area contributed by atoms with Crippen molar-refractivity contribution in [1.82, 2.24) is 4.90 Å². The van der Waals surface area contributed by atoms with Gasteiger partial charge in [0.2, 0.25) is 0 Å². The van der Waals surface area contributed by atoms with E-state index in [1.54, 1.807) is 6.92 Å². The summed E-state index contributed by atoms with van der Waals surface area (Å²) in [4.78, 5) is 2.36. The second-order valence-electron chi connectivity index (χ2n) is 3.57. The monoisotopic (exact) mass is 223 g/mol. The van der Waals surface area contributed by atoms with Crippen LogP contribution in [0.15, 0.2) is 24.3 Å². The highest BCUT2D eigenvalue weighted by Gasteiger charge is 2.10. The van der Waals surface area contributed by atoms with Gasteiger partial charge in [-0.15, -0.1) is 0 Å². The highest BCUT2D eigenvalue weighted by Crippen LogP contribution is 2.16. The van der Waals surface area contributed by atoms with E-state index in [2.05, 4.69) is 36.2 Å². The normalized spacial score (nSPS) is 13.8. The second kappa shape index (κ2) is 9.37. The molecule has 0 radical (unpaired) electrons. The van der Waals surface area contributed by atoms with Crippen molar-refractivity contribution >= 4 is 0 Å². The molecule has 16 heavy (non-hydrogen) atoms. The fourth-order valence-corrected chi connectivity index (χ4v) is 1.64. The summed E-state index contributed by atoms with van der Waals surface area (Å²) < 4.78 is 0. The highest BCUT2D eigenvalue weighted by atomic mass is 16.2. The Hall–Kier alpha value is -0.860. The maximum atomic E-state index is 7.57. The molecule has 0 unspecified atom stereocenters. The van der Waals surface area contributed by atoms with E-state index < -0.39 is 0 Å². The molecule has 0 atom stereocenters. The number of fused-ring (bicyclic) bond motifs is 1. The number of likely N-dealkylation sites (N-methyl/N-ethyl adjacent to an activating group) is 1. The van der Waals surface area contributed by atoms with Gasteiger partial charge in [0.05, 0.1) is 0 Å². The van der Waals surface area contributed by atoms with Crippen LogP contribution in [0.3, 0.4) is 0 Å². The van der Waals surface area contributed by atoms with Gasteiger partial charge in [-0.25, -0.2) is 0 Å². The van der Waals surface area contributed by atoms with Crippen LogP contribution in [0.4, 0.5) is 0 Å². The number of hydrogen-bond donors (Lipinski definition) is 1. The van der Waals surface area contributed by atoms with Crippen LogP contribution < -0.4 is 0 Å². The number of aliphatic hydroxyl groups is 1. The van der Waals surface area contributed by atoms with Crippen LogP contribution in [-0.4, -0.2) is 30.2 Å². The van der Waals surface area contributed by atoms with Crippen molar-refractivity contribution in [1.29, 1.82) is 0 Å². The molecular formula is C14H25NO. The summed E-state index contributed by atoms with van der Waals surface area (Å²) in [6, 6.07) is 8.72. The predicted molar refractivity (Wildman–Crippen MR) is 70.6 cm³/mol. The first-order chi connectivity index (χ1) is 7.77. The molecule has 2 rings (SSSR count). The van der Waals surface area contributed by atoms with Crippen molar-refractivity contribution in [3.05, 3.63) is 35.4 Å². The Bertz CT molecular complexity index is 273. The first kappa shape index (κ1) is 15.1. The van der Waals surface area contributed by atoms with Gasteiger partial charge in [-0.3, -0.25) is 0 Å². The average molecular weight is 223 g/mol. The summed E-state index contributed by atoms with van der Waals surface area (Å²) in [7, 11) is 2.18. The third-order valence-corrected chi connectivity index (χ3v) is 2.32. The molecule has 0 spiro atoms. The quantitative estimate of drug-likeness (QED) is 0.731. The number of benzene rings is 1. The number of rotatable bonds is 0. The Morgan fingerprint density at radius 1 is 1.19 bits per heavy atom. The van der Waals surface area contributed by atoms with Gasteiger partial charge in [0.1, 0.15) is 0 Å². The summed E-state index contributed by atoms with van der Waals surface area (Å²) in [5.74, 6) is 0. The molecule has 0 amide bonds. The van der Waals surface area contributed by atoms with E-state index in [0.717, 1.165) is 6.54 Å². The molecule has 92 valence electrons. The van der Waals surface area contributed by atoms with E-state index in [1.165, 1.54) is 24.1 Å². The molecular weight excluding hydrogens is 198 g/mol. The summed E-state index contributed by atoms with van der Waals surface area (Å²) in [5.41, 5.74) is 3.03. The molecule has 0 aliphatic carbocycles. The molecule has 0 bridgehead atoms. The van der Waals surface area contributed by atoms with Gasteiger partial charge in [-0.05, 0) is 31.5 Å². The Morgan fingerprint density at radius 2 is 1.69 bits per heavy atom. The van der Waals surface area contributed by atoms with Crippen molar-refractivity contribution in [3.63, 3.8) is 0 Å². The van der Waals surface area contributed by atoms with Crippen molar-refractivity contribution < 1.29 is 5.11 Å². The summed E-state index contributed by atoms with van der Waals surface area (Å²) >= 11 is 0. The van der Waals surface area contributed by atoms with Gasteiger partial charge in [0.15, 0.2) is 0 Å². The minimum atomic E-state index is 0.250. The lowest BCUT2D eigenvalue weighted by Gasteiger charge is -2.24. The lowest BCUT2D eigenvalue weighted by Crippen LogP contribution is -2.26. The number of hydrogen-bond acceptors (Lipinski definition) is 2. The zero-order valence-corrected chi connectivity index (χ0v) is 11.0. The van der Waals surface area contributed by atoms with E-state index in [-0.39, 0.29) is 6.61 Å². The van der Waals surface area contributed by atoms with Crippen molar-refractivity contribution in [2.75, 3.05) is 20.2 Å². The largest absolute Gasteiger partial charge is 0.397 e. The Balaban J connectivity index is 0.000000394. The van der Waals surface area contributed by atoms with E-state index >= 15 is 0 Å². The van der Waals surface area contributed by atoms with E-state index in [1.807, 2.05) is 13.8 Å². The van der Waals surface area contributed by atoms with Crippen LogP contribution in [0.2, 0.25) is 0 Å². The first-order valence-corrected chi connectivity index (χ1v) is 6.14. The third kappa shape index (κ3) is 5.29. The Morgan fingerprint density at radius 3 is 2.25 bits per heavy atom. The zero-order valence-electron chi connectivity index (χ0n) is 11.0. The van der Waals surface area contributed by atoms with Crippen LogP contribution in [-0.2, 0) is 13.0 Å². The van der Waals surface area contributed by atoms with Gasteiger partial charge in [0, 0.05) is 19.7 Å². The molecule has 1 aliphatic rings. The molecule has 1 aromatic rings. The van der Waals surface area contributed by atoms with Crippen LogP contribution in [0.1, 0.15) is 31.9 Å². The molecule has 1 heterocycles. The van der Waals surface area contributed by atoms with Gasteiger partial charge < -0.3 is 10.0 Å². The molecule has 0 saturated heterocycles. The number of aliphatic hydroxyl groups excluding tert-OH is 1. The molecule has 1 aliphatic heterocycles. The molecule has 0 saturated carbocycles. The smallest absolute Gasteiger partial charge is 0.0402 e. The van der Waals surface area contributed by atoms with Crippen LogP contribution in [0.25, 0.3) is 0 Å². The second-order valence-corrected chi connectivity index (χ2v) is 3.57. The third-order valence-electron chi connectivity index (χ3n) is 2.32. The minimum Gasteiger partial charge on any atom is -0.397 e. The van der Waals surface area contributed by atoms with Gasteiger partial charge in [-0.1, -0.05) is 38.1 Å². The molecule has 0 aromatic heterocycles. The maximum absolute atomic E-state index is 7.57. The van der Waals surface area contributed by atoms with Crippen molar-refractivity contribution in [2.45, 2.75) is 33.7 Å². The fourth-order valence-electron chi connectivity index (χ4n) is 1.64. The highest BCUT2D eigenvalue weighted by molar-refractivity contribution is 5.28. The summed E-state index contributed by atoms with van der Waals surface area (Å²) in [5, 5.41) is 7.57. The Kier molecular flexibility index (Phi) is 8.87. The standard InChI is InChI=1S/C10H13N.C2H6O.C2H6/c1-11-7-6-9-4-2-3-5-10(9)8-11;1-2-3;1-2/h2-5H,6-8H2,1H3;3H,2H2,1H3;1-2H3. The van der Waals surface area contributed by atoms with Gasteiger partial charge >= 0.3 is 0 Å². The minimum absolute atomic E-state index is 0.250. The van der Waals surface area contributed by atoms with Crippen LogP contribution in [0, 0.1) is 0 Å². The van der Waals surface area contributed by atoms with Gasteiger partial charge in [-0.2, -0.15) is 0 Å². The van der Waals surface area contributed by atoms with E-state index in [9.17, 15) is 0 Å². The average Bonchev–Trinajstić information content (AvgIpc) is 2.32. The maximum Gasteiger partial charge on any atom is 0.0402 e. The predicted octanol–water partition coefficient (Wildman–Crippen LogP) is 2.70. The van der Waals surface area contributed by atoms with Crippen molar-refractivity contribution in [2.24, 2.45) is 0 Å². The van der Waals surface area contributed by atoms with E-state index in [4.69, 9.17) is 5.11 Å². The van der Waals surface area contributed by atoms with Crippen LogP contribution >= 0.6 is 0 Å². The zero-order chi connectivity index (χ0) is 12.4. The SMILES string of the molecule is CC.CCO.CN1CCc2ccccc2C1. The summed E-state index contributed by atoms with van der Waals surface area (Å²) in [6.45, 7) is 8.26. The van der Waals surface area contributed by atoms with Crippen LogP contribution in [0.5, 0.6) is 0 Å². The Labute approximate surface area is 99.9 Å². The fraction of sp³-hybridized carbons (Fsp3) is 0.571. The summed E-state index contributed by atoms with van der Waals surface area (Å²) in [6.07, 6.45) is 1.21. The molecule has 1 N–H and O–H groups in total. The first-order valence-electron chi connectivity index (χ1n) is 6.14. The number of nitrogens with zero attached hydrogens (tertiary/aromatic N) is 1. The molecule has 1 aromatic carbocycles.